The van der Waals surface area contributed by atoms with Crippen LogP contribution in [0.5, 0.6) is 0 Å². The molecule has 2 nitrogen and oxygen atoms in total. The first-order valence-corrected chi connectivity index (χ1v) is 7.98. The molecule has 0 aromatic rings. The Morgan fingerprint density at radius 1 is 1.26 bits per heavy atom. The fourth-order valence-electron chi connectivity index (χ4n) is 2.70. The summed E-state index contributed by atoms with van der Waals surface area (Å²) in [6.45, 7) is 7.62. The van der Waals surface area contributed by atoms with Crippen LogP contribution in [-0.4, -0.2) is 25.3 Å². The van der Waals surface area contributed by atoms with Crippen molar-refractivity contribution in [3.8, 4) is 0 Å². The van der Waals surface area contributed by atoms with Crippen LogP contribution < -0.4 is 5.32 Å². The van der Waals surface area contributed by atoms with Crippen LogP contribution in [0, 0.1) is 0 Å². The van der Waals surface area contributed by atoms with E-state index in [1.165, 1.54) is 50.5 Å². The second kappa shape index (κ2) is 8.76. The molecule has 0 amide bonds. The van der Waals surface area contributed by atoms with E-state index in [9.17, 15) is 0 Å². The molecule has 1 aliphatic rings. The highest BCUT2D eigenvalue weighted by molar-refractivity contribution is 4.99. The van der Waals surface area contributed by atoms with Crippen LogP contribution in [-0.2, 0) is 4.74 Å². The number of hydrogen-bond donors (Lipinski definition) is 1. The molecule has 0 saturated heterocycles. The molecule has 112 valence electrons. The maximum absolute atomic E-state index is 5.45. The highest BCUT2D eigenvalue weighted by Gasteiger charge is 2.15. The topological polar surface area (TPSA) is 21.3 Å². The van der Waals surface area contributed by atoms with Crippen molar-refractivity contribution in [1.82, 2.24) is 5.32 Å². The van der Waals surface area contributed by atoms with E-state index in [0.717, 1.165) is 19.0 Å². The molecule has 0 radical (unpaired) electrons. The Hall–Kier alpha value is -0.340. The summed E-state index contributed by atoms with van der Waals surface area (Å²) in [5.41, 5.74) is 1.54. The van der Waals surface area contributed by atoms with Gasteiger partial charge in [-0.1, -0.05) is 30.9 Å². The lowest BCUT2D eigenvalue weighted by Crippen LogP contribution is -2.31. The standard InChI is InChI=1S/C17H33NO/c1-15(9-8-13-17(2,3)19-4)12-14-18-16-10-6-5-7-11-16/h12,16,18H,5-11,13-14H2,1-4H3. The van der Waals surface area contributed by atoms with Crippen molar-refractivity contribution in [3.05, 3.63) is 11.6 Å². The molecular formula is C17H33NO. The number of nitrogens with one attached hydrogen (secondary N) is 1. The van der Waals surface area contributed by atoms with Gasteiger partial charge in [-0.05, 0) is 52.9 Å². The third kappa shape index (κ3) is 7.74. The Labute approximate surface area is 120 Å². The minimum atomic E-state index is 0.0284. The fraction of sp³-hybridized carbons (Fsp3) is 0.882. The van der Waals surface area contributed by atoms with Crippen LogP contribution in [0.3, 0.4) is 0 Å². The highest BCUT2D eigenvalue weighted by Crippen LogP contribution is 2.19. The number of hydrogen-bond acceptors (Lipinski definition) is 2. The third-order valence-electron chi connectivity index (χ3n) is 4.36. The van der Waals surface area contributed by atoms with Crippen LogP contribution in [0.4, 0.5) is 0 Å². The van der Waals surface area contributed by atoms with Crippen molar-refractivity contribution >= 4 is 0 Å². The first-order valence-electron chi connectivity index (χ1n) is 7.98. The summed E-state index contributed by atoms with van der Waals surface area (Å²) in [5.74, 6) is 0. The smallest absolute Gasteiger partial charge is 0.0622 e. The maximum atomic E-state index is 5.45. The minimum absolute atomic E-state index is 0.0284. The van der Waals surface area contributed by atoms with Gasteiger partial charge in [-0.15, -0.1) is 0 Å². The van der Waals surface area contributed by atoms with Crippen molar-refractivity contribution in [2.45, 2.75) is 83.8 Å². The molecule has 1 fully saturated rings. The summed E-state index contributed by atoms with van der Waals surface area (Å²) in [5, 5.41) is 3.67. The maximum Gasteiger partial charge on any atom is 0.0622 e. The normalized spacial score (nSPS) is 18.8. The van der Waals surface area contributed by atoms with Gasteiger partial charge in [0.25, 0.3) is 0 Å². The van der Waals surface area contributed by atoms with E-state index in [1.807, 2.05) is 0 Å². The molecule has 0 aromatic heterocycles. The average molecular weight is 267 g/mol. The molecule has 1 saturated carbocycles. The molecule has 0 aromatic carbocycles. The van der Waals surface area contributed by atoms with Crippen LogP contribution in [0.2, 0.25) is 0 Å². The van der Waals surface area contributed by atoms with Crippen LogP contribution >= 0.6 is 0 Å². The average Bonchev–Trinajstić information content (AvgIpc) is 2.40. The van der Waals surface area contributed by atoms with E-state index < -0.39 is 0 Å². The fourth-order valence-corrected chi connectivity index (χ4v) is 2.70. The van der Waals surface area contributed by atoms with Gasteiger partial charge in [0, 0.05) is 19.7 Å². The number of allylic oxidation sites excluding steroid dienone is 1. The molecule has 1 N–H and O–H groups in total. The van der Waals surface area contributed by atoms with E-state index >= 15 is 0 Å². The van der Waals surface area contributed by atoms with E-state index in [1.54, 1.807) is 7.11 Å². The molecule has 1 rings (SSSR count). The molecule has 0 spiro atoms. The molecule has 1 aliphatic carbocycles. The molecular weight excluding hydrogens is 234 g/mol. The van der Waals surface area contributed by atoms with Crippen molar-refractivity contribution in [2.75, 3.05) is 13.7 Å². The van der Waals surface area contributed by atoms with Crippen LogP contribution in [0.15, 0.2) is 11.6 Å². The first kappa shape index (κ1) is 16.7. The Morgan fingerprint density at radius 3 is 2.58 bits per heavy atom. The summed E-state index contributed by atoms with van der Waals surface area (Å²) in [4.78, 5) is 0. The van der Waals surface area contributed by atoms with Gasteiger partial charge in [-0.3, -0.25) is 0 Å². The quantitative estimate of drug-likeness (QED) is 0.656. The monoisotopic (exact) mass is 267 g/mol. The van der Waals surface area contributed by atoms with Crippen molar-refractivity contribution in [2.24, 2.45) is 0 Å². The summed E-state index contributed by atoms with van der Waals surface area (Å²) in [6.07, 6.45) is 12.9. The zero-order chi connectivity index (χ0) is 14.1. The summed E-state index contributed by atoms with van der Waals surface area (Å²) in [6, 6.07) is 0.769. The molecule has 0 heterocycles. The minimum Gasteiger partial charge on any atom is -0.379 e. The largest absolute Gasteiger partial charge is 0.379 e. The lowest BCUT2D eigenvalue weighted by Gasteiger charge is -2.23. The van der Waals surface area contributed by atoms with E-state index in [2.05, 4.69) is 32.2 Å². The van der Waals surface area contributed by atoms with Crippen molar-refractivity contribution in [3.63, 3.8) is 0 Å². The van der Waals surface area contributed by atoms with Crippen molar-refractivity contribution < 1.29 is 4.74 Å². The SMILES string of the molecule is COC(C)(C)CCCC(C)=CCNC1CCCCC1. The van der Waals surface area contributed by atoms with E-state index in [0.29, 0.717) is 0 Å². The van der Waals surface area contributed by atoms with Crippen molar-refractivity contribution in [1.29, 1.82) is 0 Å². The van der Waals surface area contributed by atoms with E-state index in [4.69, 9.17) is 4.74 Å². The molecule has 0 unspecified atom stereocenters. The zero-order valence-corrected chi connectivity index (χ0v) is 13.4. The van der Waals surface area contributed by atoms with E-state index in [-0.39, 0.29) is 5.60 Å². The summed E-state index contributed by atoms with van der Waals surface area (Å²) < 4.78 is 5.45. The predicted molar refractivity (Wildman–Crippen MR) is 83.6 cm³/mol. The van der Waals surface area contributed by atoms with Gasteiger partial charge < -0.3 is 10.1 Å². The van der Waals surface area contributed by atoms with Gasteiger partial charge in [0.1, 0.15) is 0 Å². The van der Waals surface area contributed by atoms with Gasteiger partial charge in [-0.2, -0.15) is 0 Å². The summed E-state index contributed by atoms with van der Waals surface area (Å²) >= 11 is 0. The second-order valence-corrected chi connectivity index (χ2v) is 6.61. The Balaban J connectivity index is 2.11. The number of ether oxygens (including phenoxy) is 1. The summed E-state index contributed by atoms with van der Waals surface area (Å²) in [7, 11) is 1.80. The van der Waals surface area contributed by atoms with Crippen LogP contribution in [0.1, 0.15) is 72.1 Å². The molecule has 0 aliphatic heterocycles. The highest BCUT2D eigenvalue weighted by atomic mass is 16.5. The lowest BCUT2D eigenvalue weighted by atomic mass is 9.95. The molecule has 2 heteroatoms. The van der Waals surface area contributed by atoms with Gasteiger partial charge in [0.15, 0.2) is 0 Å². The lowest BCUT2D eigenvalue weighted by molar-refractivity contribution is 0.0140. The van der Waals surface area contributed by atoms with Crippen LogP contribution in [0.25, 0.3) is 0 Å². The third-order valence-corrected chi connectivity index (χ3v) is 4.36. The first-order chi connectivity index (χ1) is 9.03. The molecule has 0 bridgehead atoms. The Bertz CT molecular complexity index is 264. The molecule has 19 heavy (non-hydrogen) atoms. The number of methoxy groups -OCH3 is 1. The van der Waals surface area contributed by atoms with Gasteiger partial charge >= 0.3 is 0 Å². The van der Waals surface area contributed by atoms with Gasteiger partial charge in [0.2, 0.25) is 0 Å². The van der Waals surface area contributed by atoms with Gasteiger partial charge in [0.05, 0.1) is 5.60 Å². The zero-order valence-electron chi connectivity index (χ0n) is 13.4. The number of rotatable bonds is 8. The van der Waals surface area contributed by atoms with Gasteiger partial charge in [-0.25, -0.2) is 0 Å². The Morgan fingerprint density at radius 2 is 1.95 bits per heavy atom. The Kier molecular flexibility index (Phi) is 7.70. The molecule has 0 atom stereocenters. The second-order valence-electron chi connectivity index (χ2n) is 6.61. The predicted octanol–water partition coefficient (Wildman–Crippen LogP) is 4.45.